The van der Waals surface area contributed by atoms with E-state index in [1.165, 1.54) is 42.8 Å². The molecule has 2 heterocycles. The van der Waals surface area contributed by atoms with Crippen LogP contribution in [0.25, 0.3) is 11.5 Å². The number of methoxy groups -OCH3 is 2. The van der Waals surface area contributed by atoms with E-state index in [4.69, 9.17) is 13.9 Å². The van der Waals surface area contributed by atoms with Crippen molar-refractivity contribution in [2.75, 3.05) is 32.6 Å². The summed E-state index contributed by atoms with van der Waals surface area (Å²) in [6, 6.07) is 10.8. The third kappa shape index (κ3) is 5.05. The number of rotatable bonds is 7. The van der Waals surface area contributed by atoms with Crippen LogP contribution in [-0.2, 0) is 10.0 Å². The second kappa shape index (κ2) is 10.2. The number of hydrogen-bond acceptors (Lipinski definition) is 8. The number of carbonyl (C=O) groups excluding carboxylic acids is 1. The summed E-state index contributed by atoms with van der Waals surface area (Å²) in [6.45, 7) is 1.03. The molecule has 180 valence electrons. The van der Waals surface area contributed by atoms with E-state index in [0.717, 1.165) is 25.7 Å². The van der Waals surface area contributed by atoms with Crippen LogP contribution < -0.4 is 14.8 Å². The largest absolute Gasteiger partial charge is 0.497 e. The van der Waals surface area contributed by atoms with Gasteiger partial charge in [0.1, 0.15) is 11.5 Å². The highest BCUT2D eigenvalue weighted by molar-refractivity contribution is 7.89. The Labute approximate surface area is 197 Å². The molecule has 0 aliphatic carbocycles. The van der Waals surface area contributed by atoms with Crippen LogP contribution in [-0.4, -0.2) is 56.1 Å². The molecule has 34 heavy (non-hydrogen) atoms. The molecule has 1 aliphatic heterocycles. The lowest BCUT2D eigenvalue weighted by atomic mass is 10.2. The molecule has 1 amide bonds. The Morgan fingerprint density at radius 3 is 2.32 bits per heavy atom. The maximum absolute atomic E-state index is 12.9. The Balaban J connectivity index is 1.47. The molecule has 1 saturated heterocycles. The van der Waals surface area contributed by atoms with Crippen molar-refractivity contribution in [1.82, 2.24) is 14.5 Å². The quantitative estimate of drug-likeness (QED) is 0.538. The summed E-state index contributed by atoms with van der Waals surface area (Å²) in [6.07, 6.45) is 3.78. The summed E-state index contributed by atoms with van der Waals surface area (Å²) in [5.74, 6) is 0.717. The summed E-state index contributed by atoms with van der Waals surface area (Å²) in [5, 5.41) is 10.4. The lowest BCUT2D eigenvalue weighted by Gasteiger charge is -2.19. The fourth-order valence-corrected chi connectivity index (χ4v) is 5.26. The van der Waals surface area contributed by atoms with Gasteiger partial charge in [-0.15, -0.1) is 5.10 Å². The molecule has 1 N–H and O–H groups in total. The second-order valence-corrected chi connectivity index (χ2v) is 9.71. The van der Waals surface area contributed by atoms with Gasteiger partial charge in [-0.1, -0.05) is 17.9 Å². The van der Waals surface area contributed by atoms with Gasteiger partial charge in [0.05, 0.1) is 24.7 Å². The van der Waals surface area contributed by atoms with Crippen LogP contribution in [0.2, 0.25) is 0 Å². The van der Waals surface area contributed by atoms with Crippen molar-refractivity contribution >= 4 is 21.9 Å². The molecule has 0 saturated carbocycles. The number of nitrogens with one attached hydrogen (secondary N) is 1. The Morgan fingerprint density at radius 2 is 1.68 bits per heavy atom. The SMILES string of the molecule is COc1ccc(OC)c(-c2nnc(NC(=O)c3ccc(S(=O)(=O)N4CCCCCC4)cc3)o2)c1. The number of amides is 1. The summed E-state index contributed by atoms with van der Waals surface area (Å²) >= 11 is 0. The smallest absolute Gasteiger partial charge is 0.322 e. The fourth-order valence-electron chi connectivity index (χ4n) is 3.74. The first-order chi connectivity index (χ1) is 16.4. The molecular weight excluding hydrogens is 460 g/mol. The van der Waals surface area contributed by atoms with Crippen molar-refractivity contribution in [3.63, 3.8) is 0 Å². The highest BCUT2D eigenvalue weighted by Gasteiger charge is 2.25. The number of hydrogen-bond donors (Lipinski definition) is 1. The molecule has 1 aromatic heterocycles. The van der Waals surface area contributed by atoms with Crippen LogP contribution in [0.5, 0.6) is 11.5 Å². The van der Waals surface area contributed by atoms with Crippen molar-refractivity contribution in [1.29, 1.82) is 0 Å². The maximum Gasteiger partial charge on any atom is 0.322 e. The van der Waals surface area contributed by atoms with Gasteiger partial charge in [-0.3, -0.25) is 10.1 Å². The van der Waals surface area contributed by atoms with E-state index in [1.807, 2.05) is 0 Å². The Kier molecular flexibility index (Phi) is 7.13. The van der Waals surface area contributed by atoms with Crippen molar-refractivity contribution in [2.45, 2.75) is 30.6 Å². The molecule has 0 bridgehead atoms. The molecule has 0 atom stereocenters. The highest BCUT2D eigenvalue weighted by atomic mass is 32.2. The van der Waals surface area contributed by atoms with Gasteiger partial charge < -0.3 is 13.9 Å². The zero-order valence-corrected chi connectivity index (χ0v) is 19.8. The summed E-state index contributed by atoms with van der Waals surface area (Å²) in [7, 11) is -0.536. The number of nitrogens with zero attached hydrogens (tertiary/aromatic N) is 3. The fraction of sp³-hybridized carbons (Fsp3) is 0.348. The highest BCUT2D eigenvalue weighted by Crippen LogP contribution is 2.33. The number of aromatic nitrogens is 2. The van der Waals surface area contributed by atoms with Gasteiger partial charge in [-0.25, -0.2) is 8.42 Å². The Bertz CT molecular complexity index is 1250. The molecule has 11 heteroatoms. The average molecular weight is 487 g/mol. The van der Waals surface area contributed by atoms with Gasteiger partial charge in [0.25, 0.3) is 11.8 Å². The summed E-state index contributed by atoms with van der Waals surface area (Å²) < 4.78 is 43.5. The maximum atomic E-state index is 12.9. The first kappa shape index (κ1) is 23.7. The molecule has 0 spiro atoms. The standard InChI is InChI=1S/C23H26N4O6S/c1-31-17-9-12-20(32-2)19(15-17)22-25-26-23(33-22)24-21(28)16-7-10-18(11-8-16)34(29,30)27-13-5-3-4-6-14-27/h7-12,15H,3-6,13-14H2,1-2H3,(H,24,26,28). The van der Waals surface area contributed by atoms with Crippen molar-refractivity contribution < 1.29 is 27.1 Å². The minimum Gasteiger partial charge on any atom is -0.497 e. The lowest BCUT2D eigenvalue weighted by molar-refractivity contribution is 0.102. The number of ether oxygens (including phenoxy) is 2. The summed E-state index contributed by atoms with van der Waals surface area (Å²) in [5.41, 5.74) is 0.770. The van der Waals surface area contributed by atoms with Crippen LogP contribution >= 0.6 is 0 Å². The molecule has 0 radical (unpaired) electrons. The molecule has 4 rings (SSSR count). The first-order valence-electron chi connectivity index (χ1n) is 10.9. The van der Waals surface area contributed by atoms with E-state index >= 15 is 0 Å². The van der Waals surface area contributed by atoms with Crippen LogP contribution in [0.4, 0.5) is 6.01 Å². The minimum atomic E-state index is -3.59. The van der Waals surface area contributed by atoms with E-state index < -0.39 is 15.9 Å². The minimum absolute atomic E-state index is 0.105. The zero-order valence-electron chi connectivity index (χ0n) is 19.0. The van der Waals surface area contributed by atoms with Gasteiger partial charge in [-0.2, -0.15) is 4.31 Å². The topological polar surface area (TPSA) is 124 Å². The zero-order chi connectivity index (χ0) is 24.1. The average Bonchev–Trinajstić information content (AvgIpc) is 3.13. The molecule has 1 aliphatic rings. The van der Waals surface area contributed by atoms with E-state index in [0.29, 0.717) is 30.2 Å². The molecule has 1 fully saturated rings. The van der Waals surface area contributed by atoms with Crippen molar-refractivity contribution in [3.8, 4) is 23.0 Å². The van der Waals surface area contributed by atoms with Gasteiger partial charge in [-0.05, 0) is 55.3 Å². The van der Waals surface area contributed by atoms with Crippen LogP contribution in [0.1, 0.15) is 36.0 Å². The number of carbonyl (C=O) groups is 1. The molecule has 10 nitrogen and oxygen atoms in total. The number of benzene rings is 2. The van der Waals surface area contributed by atoms with E-state index in [1.54, 1.807) is 18.2 Å². The first-order valence-corrected chi connectivity index (χ1v) is 12.3. The van der Waals surface area contributed by atoms with Gasteiger partial charge in [0.15, 0.2) is 0 Å². The van der Waals surface area contributed by atoms with Crippen LogP contribution in [0, 0.1) is 0 Å². The van der Waals surface area contributed by atoms with E-state index in [9.17, 15) is 13.2 Å². The summed E-state index contributed by atoms with van der Waals surface area (Å²) in [4.78, 5) is 12.8. The monoisotopic (exact) mass is 486 g/mol. The number of sulfonamides is 1. The molecule has 0 unspecified atom stereocenters. The van der Waals surface area contributed by atoms with Gasteiger partial charge in [0.2, 0.25) is 10.0 Å². The van der Waals surface area contributed by atoms with Gasteiger partial charge in [0, 0.05) is 18.7 Å². The molecule has 2 aromatic carbocycles. The van der Waals surface area contributed by atoms with Gasteiger partial charge >= 0.3 is 6.01 Å². The number of anilines is 1. The Hall–Kier alpha value is -3.44. The molecule has 3 aromatic rings. The van der Waals surface area contributed by atoms with Crippen molar-refractivity contribution in [2.24, 2.45) is 0 Å². The predicted molar refractivity (Wildman–Crippen MR) is 124 cm³/mol. The third-order valence-electron chi connectivity index (χ3n) is 5.60. The predicted octanol–water partition coefficient (Wildman–Crippen LogP) is 3.57. The lowest BCUT2D eigenvalue weighted by Crippen LogP contribution is -2.31. The van der Waals surface area contributed by atoms with Crippen molar-refractivity contribution in [3.05, 3.63) is 48.0 Å². The normalized spacial score (nSPS) is 14.9. The second-order valence-electron chi connectivity index (χ2n) is 7.78. The molecular formula is C23H26N4O6S. The Morgan fingerprint density at radius 1 is 0.971 bits per heavy atom. The van der Waals surface area contributed by atoms with Crippen LogP contribution in [0.15, 0.2) is 51.8 Å². The van der Waals surface area contributed by atoms with E-state index in [2.05, 4.69) is 15.5 Å². The third-order valence-corrected chi connectivity index (χ3v) is 7.51. The van der Waals surface area contributed by atoms with E-state index in [-0.39, 0.29) is 22.4 Å². The van der Waals surface area contributed by atoms with Crippen LogP contribution in [0.3, 0.4) is 0 Å².